The summed E-state index contributed by atoms with van der Waals surface area (Å²) in [6.45, 7) is -0.408. The minimum Gasteiger partial charge on any atom is -0.493 e. The number of ether oxygens (including phenoxy) is 3. The Bertz CT molecular complexity index is 1570. The molecule has 0 saturated carbocycles. The van der Waals surface area contributed by atoms with E-state index in [1.165, 1.54) is 16.1 Å². The second kappa shape index (κ2) is 10.6. The lowest BCUT2D eigenvalue weighted by Gasteiger charge is -2.22. The minimum absolute atomic E-state index is 0.0296. The van der Waals surface area contributed by atoms with Crippen LogP contribution in [-0.4, -0.2) is 43.4 Å². The fraction of sp³-hybridized carbons (Fsp3) is 0.300. The van der Waals surface area contributed by atoms with E-state index in [0.717, 1.165) is 51.9 Å². The average Bonchev–Trinajstić information content (AvgIpc) is 3.76. The van der Waals surface area contributed by atoms with Crippen LogP contribution in [0, 0.1) is 0 Å². The van der Waals surface area contributed by atoms with E-state index in [1.807, 2.05) is 35.7 Å². The Labute approximate surface area is 229 Å². The average molecular weight is 545 g/mol. The van der Waals surface area contributed by atoms with E-state index < -0.39 is 18.5 Å². The van der Waals surface area contributed by atoms with Crippen LogP contribution in [0.15, 0.2) is 63.6 Å². The minimum atomic E-state index is -0.490. The fourth-order valence-corrected chi connectivity index (χ4v) is 6.07. The second-order valence-corrected chi connectivity index (χ2v) is 10.6. The van der Waals surface area contributed by atoms with Crippen LogP contribution in [-0.2, 0) is 33.6 Å². The molecular formula is C30H28N2O6S. The number of carbonyl (C=O) groups excluding carboxylic acids is 2. The highest BCUT2D eigenvalue weighted by atomic mass is 32.1. The van der Waals surface area contributed by atoms with Crippen molar-refractivity contribution in [3.63, 3.8) is 0 Å². The maximum atomic E-state index is 13.3. The first-order valence-electron chi connectivity index (χ1n) is 12.9. The van der Waals surface area contributed by atoms with Crippen LogP contribution in [0.1, 0.15) is 46.0 Å². The molecular weight excluding hydrogens is 516 g/mol. The van der Waals surface area contributed by atoms with Crippen molar-refractivity contribution in [2.24, 2.45) is 5.10 Å². The molecule has 39 heavy (non-hydrogen) atoms. The van der Waals surface area contributed by atoms with Crippen molar-refractivity contribution in [1.29, 1.82) is 0 Å². The molecule has 3 heterocycles. The van der Waals surface area contributed by atoms with E-state index in [0.29, 0.717) is 17.9 Å². The summed E-state index contributed by atoms with van der Waals surface area (Å²) in [7, 11) is 3.15. The predicted molar refractivity (Wildman–Crippen MR) is 148 cm³/mol. The molecule has 0 bridgehead atoms. The van der Waals surface area contributed by atoms with Gasteiger partial charge in [-0.25, -0.2) is 5.01 Å². The maximum absolute atomic E-state index is 13.3. The number of hydrogen-bond acceptors (Lipinski definition) is 8. The van der Waals surface area contributed by atoms with Gasteiger partial charge in [-0.05, 0) is 71.7 Å². The van der Waals surface area contributed by atoms with Crippen molar-refractivity contribution >= 4 is 39.9 Å². The van der Waals surface area contributed by atoms with Crippen LogP contribution in [0.5, 0.6) is 11.5 Å². The lowest BCUT2D eigenvalue weighted by Crippen LogP contribution is -2.31. The number of esters is 1. The van der Waals surface area contributed by atoms with Crippen molar-refractivity contribution < 1.29 is 28.2 Å². The number of hydrogen-bond donors (Lipinski definition) is 0. The molecule has 4 aromatic rings. The number of carbonyl (C=O) groups is 2. The third kappa shape index (κ3) is 4.90. The molecule has 2 aromatic heterocycles. The first-order chi connectivity index (χ1) is 19.0. The number of thiophene rings is 1. The van der Waals surface area contributed by atoms with E-state index in [-0.39, 0.29) is 12.5 Å². The topological polar surface area (TPSA) is 90.6 Å². The molecule has 1 aliphatic heterocycles. The second-order valence-electron chi connectivity index (χ2n) is 9.67. The number of fused-ring (bicyclic) bond motifs is 2. The summed E-state index contributed by atoms with van der Waals surface area (Å²) in [6.07, 6.45) is 5.40. The van der Waals surface area contributed by atoms with Crippen molar-refractivity contribution in [3.05, 3.63) is 81.2 Å². The number of furan rings is 1. The highest BCUT2D eigenvalue weighted by Crippen LogP contribution is 2.38. The molecule has 1 atom stereocenters. The smallest absolute Gasteiger partial charge is 0.310 e. The summed E-state index contributed by atoms with van der Waals surface area (Å²) in [5.74, 6) is 0.277. The van der Waals surface area contributed by atoms with Crippen LogP contribution >= 0.6 is 11.3 Å². The van der Waals surface area contributed by atoms with Gasteiger partial charge in [0.15, 0.2) is 18.1 Å². The molecule has 0 fully saturated rings. The third-order valence-corrected chi connectivity index (χ3v) is 8.24. The first kappa shape index (κ1) is 25.2. The quantitative estimate of drug-likeness (QED) is 0.274. The number of rotatable bonds is 8. The van der Waals surface area contributed by atoms with Gasteiger partial charge in [-0.1, -0.05) is 12.1 Å². The number of hydrazone groups is 1. The zero-order chi connectivity index (χ0) is 26.9. The van der Waals surface area contributed by atoms with E-state index in [1.54, 1.807) is 31.8 Å². The molecule has 0 unspecified atom stereocenters. The van der Waals surface area contributed by atoms with Crippen molar-refractivity contribution in [2.45, 2.75) is 38.1 Å². The molecule has 8 nitrogen and oxygen atoms in total. The van der Waals surface area contributed by atoms with Crippen LogP contribution in [0.25, 0.3) is 11.0 Å². The number of aryl methyl sites for hydroxylation is 2. The molecule has 0 spiro atoms. The maximum Gasteiger partial charge on any atom is 0.310 e. The summed E-state index contributed by atoms with van der Waals surface area (Å²) in [5.41, 5.74) is 5.82. The van der Waals surface area contributed by atoms with Crippen LogP contribution in [0.4, 0.5) is 0 Å². The number of benzene rings is 2. The first-order valence-corrected chi connectivity index (χ1v) is 13.7. The van der Waals surface area contributed by atoms with Crippen molar-refractivity contribution in [1.82, 2.24) is 5.01 Å². The van der Waals surface area contributed by atoms with Crippen molar-refractivity contribution in [3.8, 4) is 11.5 Å². The highest BCUT2D eigenvalue weighted by molar-refractivity contribution is 7.12. The molecule has 2 aliphatic rings. The van der Waals surface area contributed by atoms with Gasteiger partial charge in [0, 0.05) is 17.4 Å². The number of nitrogens with zero attached hydrogens (tertiary/aromatic N) is 2. The van der Waals surface area contributed by atoms with Crippen LogP contribution in [0.3, 0.4) is 0 Å². The van der Waals surface area contributed by atoms with Gasteiger partial charge < -0.3 is 18.6 Å². The summed E-state index contributed by atoms with van der Waals surface area (Å²) in [5, 5.41) is 8.97. The van der Waals surface area contributed by atoms with Gasteiger partial charge in [-0.15, -0.1) is 11.3 Å². The number of methoxy groups -OCH3 is 2. The van der Waals surface area contributed by atoms with Gasteiger partial charge in [-0.3, -0.25) is 9.59 Å². The van der Waals surface area contributed by atoms with Gasteiger partial charge in [-0.2, -0.15) is 5.10 Å². The van der Waals surface area contributed by atoms with Gasteiger partial charge in [0.1, 0.15) is 5.58 Å². The molecule has 1 amide bonds. The third-order valence-electron chi connectivity index (χ3n) is 7.32. The molecule has 0 radical (unpaired) electrons. The molecule has 9 heteroatoms. The highest BCUT2D eigenvalue weighted by Gasteiger charge is 2.34. The van der Waals surface area contributed by atoms with Gasteiger partial charge in [0.25, 0.3) is 5.91 Å². The van der Waals surface area contributed by atoms with Gasteiger partial charge in [0.05, 0.1) is 43.5 Å². The van der Waals surface area contributed by atoms with Crippen molar-refractivity contribution in [2.75, 3.05) is 20.8 Å². The van der Waals surface area contributed by atoms with E-state index in [2.05, 4.69) is 17.2 Å². The Morgan fingerprint density at radius 1 is 1.08 bits per heavy atom. The Balaban J connectivity index is 1.18. The molecule has 1 aliphatic carbocycles. The lowest BCUT2D eigenvalue weighted by molar-refractivity contribution is -0.152. The largest absolute Gasteiger partial charge is 0.493 e. The van der Waals surface area contributed by atoms with E-state index in [9.17, 15) is 9.59 Å². The molecule has 2 aromatic carbocycles. The number of amides is 1. The summed E-state index contributed by atoms with van der Waals surface area (Å²) >= 11 is 1.57. The summed E-state index contributed by atoms with van der Waals surface area (Å²) in [4.78, 5) is 27.1. The fourth-order valence-electron chi connectivity index (χ4n) is 5.35. The normalized spacial score (nSPS) is 16.3. The van der Waals surface area contributed by atoms with Crippen LogP contribution in [0.2, 0.25) is 0 Å². The van der Waals surface area contributed by atoms with Gasteiger partial charge in [0.2, 0.25) is 0 Å². The standard InChI is InChI=1S/C30H28N2O6S/c1-35-25-9-8-20(13-27(25)36-2)24-15-23(28-7-4-10-39-28)31-32(24)29(33)17-38-30(34)14-21-16-37-26-12-19-6-3-5-18(19)11-22(21)26/h4,7-13,16,24H,3,5-6,14-15,17H2,1-2H3/t24-/m0/s1. The van der Waals surface area contributed by atoms with Crippen LogP contribution < -0.4 is 9.47 Å². The molecule has 6 rings (SSSR count). The Kier molecular flexibility index (Phi) is 6.83. The zero-order valence-electron chi connectivity index (χ0n) is 21.8. The SMILES string of the molecule is COc1ccc([C@@H]2CC(c3cccs3)=NN2C(=O)COC(=O)Cc2coc3cc4c(cc23)CCC4)cc1OC. The summed E-state index contributed by atoms with van der Waals surface area (Å²) < 4.78 is 22.0. The Morgan fingerprint density at radius 2 is 1.90 bits per heavy atom. The molecule has 200 valence electrons. The van der Waals surface area contributed by atoms with E-state index in [4.69, 9.17) is 18.6 Å². The Morgan fingerprint density at radius 3 is 2.67 bits per heavy atom. The van der Waals surface area contributed by atoms with E-state index >= 15 is 0 Å². The summed E-state index contributed by atoms with van der Waals surface area (Å²) in [6, 6.07) is 13.3. The zero-order valence-corrected chi connectivity index (χ0v) is 22.6. The predicted octanol–water partition coefficient (Wildman–Crippen LogP) is 5.46. The molecule has 0 N–H and O–H groups in total. The monoisotopic (exact) mass is 544 g/mol. The molecule has 0 saturated heterocycles. The Hall–Kier alpha value is -4.11. The van der Waals surface area contributed by atoms with Gasteiger partial charge >= 0.3 is 5.97 Å². The lowest BCUT2D eigenvalue weighted by atomic mass is 10.0.